The van der Waals surface area contributed by atoms with Crippen LogP contribution in [0.4, 0.5) is 0 Å². The van der Waals surface area contributed by atoms with Gasteiger partial charge in [0.15, 0.2) is 9.84 Å². The van der Waals surface area contributed by atoms with Crippen LogP contribution in [0.3, 0.4) is 0 Å². The molecule has 1 aliphatic heterocycles. The molecular formula is C31H37N3O7S2. The first-order valence-corrected chi connectivity index (χ1v) is 17.1. The van der Waals surface area contributed by atoms with E-state index in [1.54, 1.807) is 23.6 Å². The molecule has 1 fully saturated rings. The number of aromatic nitrogens is 1. The summed E-state index contributed by atoms with van der Waals surface area (Å²) in [4.78, 5) is 29.6. The Balaban J connectivity index is 1.23. The van der Waals surface area contributed by atoms with Crippen molar-refractivity contribution in [3.8, 4) is 17.0 Å². The van der Waals surface area contributed by atoms with Crippen LogP contribution in [0.1, 0.15) is 29.0 Å². The lowest BCUT2D eigenvalue weighted by Gasteiger charge is -2.37. The van der Waals surface area contributed by atoms with Crippen molar-refractivity contribution in [2.75, 3.05) is 52.8 Å². The molecule has 1 aliphatic carbocycles. The monoisotopic (exact) mass is 627 g/mol. The highest BCUT2D eigenvalue weighted by Crippen LogP contribution is 2.40. The van der Waals surface area contributed by atoms with Gasteiger partial charge in [-0.15, -0.1) is 11.3 Å². The van der Waals surface area contributed by atoms with E-state index >= 15 is 0 Å². The number of likely N-dealkylation sites (N-methyl/N-ethyl adjacent to an activating group) is 1. The normalized spacial score (nSPS) is 17.3. The quantitative estimate of drug-likeness (QED) is 0.238. The van der Waals surface area contributed by atoms with E-state index in [0.29, 0.717) is 41.5 Å². The fourth-order valence-corrected chi connectivity index (χ4v) is 7.49. The van der Waals surface area contributed by atoms with Gasteiger partial charge >= 0.3 is 0 Å². The van der Waals surface area contributed by atoms with Crippen molar-refractivity contribution >= 4 is 33.1 Å². The van der Waals surface area contributed by atoms with Crippen molar-refractivity contribution in [1.29, 1.82) is 0 Å². The van der Waals surface area contributed by atoms with Gasteiger partial charge in [0.2, 0.25) is 5.91 Å². The van der Waals surface area contributed by atoms with E-state index in [9.17, 15) is 23.1 Å². The Labute approximate surface area is 256 Å². The highest BCUT2D eigenvalue weighted by atomic mass is 32.2. The van der Waals surface area contributed by atoms with Crippen LogP contribution < -0.4 is 15.2 Å². The number of amides is 1. The number of aliphatic carboxylic acids is 1. The topological polar surface area (TPSA) is 135 Å². The maximum Gasteiger partial charge on any atom is 0.227 e. The summed E-state index contributed by atoms with van der Waals surface area (Å²) in [6.07, 6.45) is 2.25. The van der Waals surface area contributed by atoms with Gasteiger partial charge in [-0.25, -0.2) is 13.4 Å². The Bertz CT molecular complexity index is 1570. The Morgan fingerprint density at radius 3 is 2.49 bits per heavy atom. The van der Waals surface area contributed by atoms with Crippen molar-refractivity contribution in [1.82, 2.24) is 10.3 Å². The third-order valence-corrected chi connectivity index (χ3v) is 10.3. The van der Waals surface area contributed by atoms with Crippen LogP contribution >= 0.6 is 11.3 Å². The van der Waals surface area contributed by atoms with Crippen LogP contribution in [0.5, 0.6) is 5.75 Å². The highest BCUT2D eigenvalue weighted by molar-refractivity contribution is 7.90. The minimum atomic E-state index is -3.58. The Morgan fingerprint density at radius 2 is 1.84 bits per heavy atom. The number of carboxylic acid groups (broad SMARTS) is 1. The second-order valence-electron chi connectivity index (χ2n) is 11.8. The minimum absolute atomic E-state index is 0.102. The highest BCUT2D eigenvalue weighted by Gasteiger charge is 2.43. The van der Waals surface area contributed by atoms with E-state index in [1.165, 1.54) is 11.3 Å². The smallest absolute Gasteiger partial charge is 0.227 e. The first kappa shape index (κ1) is 31.1. The van der Waals surface area contributed by atoms with E-state index in [0.717, 1.165) is 61.1 Å². The lowest BCUT2D eigenvalue weighted by atomic mass is 9.80. The molecule has 2 aromatic carbocycles. The predicted octanol–water partition coefficient (Wildman–Crippen LogP) is 2.00. The van der Waals surface area contributed by atoms with Gasteiger partial charge in [0.25, 0.3) is 0 Å². The number of carbonyl (C=O) groups is 2. The van der Waals surface area contributed by atoms with Gasteiger partial charge in [-0.1, -0.05) is 24.3 Å². The number of morpholine rings is 1. The fraction of sp³-hybridized carbons (Fsp3) is 0.452. The number of rotatable bonds is 12. The summed E-state index contributed by atoms with van der Waals surface area (Å²) in [6, 6.07) is 12.6. The van der Waals surface area contributed by atoms with Crippen LogP contribution in [0.2, 0.25) is 0 Å². The van der Waals surface area contributed by atoms with Gasteiger partial charge in [0, 0.05) is 36.0 Å². The molecule has 12 heteroatoms. The van der Waals surface area contributed by atoms with E-state index in [2.05, 4.69) is 17.3 Å². The number of thiazole rings is 1. The van der Waals surface area contributed by atoms with Crippen LogP contribution in [0, 0.1) is 5.41 Å². The summed E-state index contributed by atoms with van der Waals surface area (Å²) < 4.78 is 37.6. The zero-order valence-electron chi connectivity index (χ0n) is 24.5. The number of benzene rings is 2. The molecule has 0 saturated carbocycles. The summed E-state index contributed by atoms with van der Waals surface area (Å²) in [5, 5.41) is 16.9. The third-order valence-electron chi connectivity index (χ3n) is 8.38. The number of ether oxygens (including phenoxy) is 2. The summed E-state index contributed by atoms with van der Waals surface area (Å²) >= 11 is 1.33. The molecule has 1 amide bonds. The number of fused-ring (bicyclic) bond motifs is 1. The number of nitrogens with one attached hydrogen (secondary N) is 1. The predicted molar refractivity (Wildman–Crippen MR) is 160 cm³/mol. The zero-order valence-corrected chi connectivity index (χ0v) is 26.1. The van der Waals surface area contributed by atoms with Crippen molar-refractivity contribution in [2.24, 2.45) is 5.41 Å². The molecule has 5 rings (SSSR count). The van der Waals surface area contributed by atoms with Crippen LogP contribution in [0.15, 0.2) is 52.7 Å². The molecule has 10 nitrogen and oxygen atoms in total. The molecule has 2 heterocycles. The Hall–Kier alpha value is -3.32. The van der Waals surface area contributed by atoms with Gasteiger partial charge < -0.3 is 29.2 Å². The van der Waals surface area contributed by atoms with E-state index < -0.39 is 21.2 Å². The van der Waals surface area contributed by atoms with Crippen molar-refractivity contribution in [3.63, 3.8) is 0 Å². The molecule has 3 aromatic rings. The van der Waals surface area contributed by atoms with Crippen molar-refractivity contribution in [3.05, 3.63) is 64.0 Å². The molecular weight excluding hydrogens is 590 g/mol. The number of sulfone groups is 1. The molecule has 43 heavy (non-hydrogen) atoms. The average molecular weight is 628 g/mol. The molecule has 1 aromatic heterocycles. The summed E-state index contributed by atoms with van der Waals surface area (Å²) in [5.74, 6) is -1.30. The number of nitrogens with zero attached hydrogens (tertiary/aromatic N) is 2. The maximum absolute atomic E-state index is 13.3. The molecule has 0 bridgehead atoms. The van der Waals surface area contributed by atoms with Gasteiger partial charge in [-0.05, 0) is 42.2 Å². The second kappa shape index (κ2) is 12.7. The van der Waals surface area contributed by atoms with E-state index in [1.807, 2.05) is 24.3 Å². The number of quaternary nitrogens is 1. The maximum atomic E-state index is 13.3. The lowest BCUT2D eigenvalue weighted by molar-refractivity contribution is -0.917. The van der Waals surface area contributed by atoms with Crippen LogP contribution in [0.25, 0.3) is 11.3 Å². The third kappa shape index (κ3) is 7.43. The van der Waals surface area contributed by atoms with Crippen molar-refractivity contribution < 1.29 is 37.1 Å². The Morgan fingerprint density at radius 1 is 1.14 bits per heavy atom. The first-order valence-electron chi connectivity index (χ1n) is 14.3. The lowest BCUT2D eigenvalue weighted by Crippen LogP contribution is -2.52. The standard InChI is InChI=1S/C31H37N3O7S2/c1-34(11-14-40-15-12-34)10-5-13-41-26-9-8-22(16-27(26)43(2,38)39)25-21-42-28(33-25)20-32-30(37)31(19-29(35)36)17-23-6-3-4-7-24(23)18-31/h3-4,6-9,16,21H,5,10-15,17-20H2,1-2H3,(H-,32,35,36,37). The summed E-state index contributed by atoms with van der Waals surface area (Å²) in [6.45, 7) is 4.86. The number of hydrogen-bond donors (Lipinski definition) is 1. The fourth-order valence-electron chi connectivity index (χ4n) is 5.92. The largest absolute Gasteiger partial charge is 0.550 e. The molecule has 0 spiro atoms. The van der Waals surface area contributed by atoms with Crippen LogP contribution in [-0.4, -0.2) is 82.5 Å². The molecule has 0 atom stereocenters. The number of carbonyl (C=O) groups excluding carboxylic acids is 2. The van der Waals surface area contributed by atoms with Gasteiger partial charge in [-0.3, -0.25) is 4.79 Å². The second-order valence-corrected chi connectivity index (χ2v) is 14.7. The molecule has 0 radical (unpaired) electrons. The number of hydrogen-bond acceptors (Lipinski definition) is 9. The van der Waals surface area contributed by atoms with Gasteiger partial charge in [0.05, 0.1) is 51.1 Å². The molecule has 1 N–H and O–H groups in total. The zero-order chi connectivity index (χ0) is 30.7. The Kier molecular flexibility index (Phi) is 9.21. The number of carboxylic acids is 1. The van der Waals surface area contributed by atoms with Crippen molar-refractivity contribution in [2.45, 2.75) is 37.1 Å². The van der Waals surface area contributed by atoms with Gasteiger partial charge in [-0.2, -0.15) is 0 Å². The van der Waals surface area contributed by atoms with E-state index in [4.69, 9.17) is 9.47 Å². The molecule has 230 valence electrons. The molecule has 0 unspecified atom stereocenters. The van der Waals surface area contributed by atoms with E-state index in [-0.39, 0.29) is 23.8 Å². The SMILES string of the molecule is C[N+]1(CCCOc2ccc(-c3csc(CNC(=O)C4(CC(=O)[O-])Cc5ccccc5C4)n3)cc2S(C)(=O)=O)CCOCC1. The molecule has 1 saturated heterocycles. The molecule has 2 aliphatic rings. The summed E-state index contributed by atoms with van der Waals surface area (Å²) in [5.41, 5.74) is 2.03. The van der Waals surface area contributed by atoms with Crippen LogP contribution in [-0.2, 0) is 43.5 Å². The average Bonchev–Trinajstić information content (AvgIpc) is 3.59. The van der Waals surface area contributed by atoms with Gasteiger partial charge in [0.1, 0.15) is 28.7 Å². The first-order chi connectivity index (χ1) is 20.5. The summed E-state index contributed by atoms with van der Waals surface area (Å²) in [7, 11) is -1.38. The minimum Gasteiger partial charge on any atom is -0.550 e.